The van der Waals surface area contributed by atoms with Crippen molar-refractivity contribution in [1.82, 2.24) is 15.1 Å². The van der Waals surface area contributed by atoms with Crippen LogP contribution in [0.15, 0.2) is 23.2 Å². The molecule has 0 radical (unpaired) electrons. The van der Waals surface area contributed by atoms with E-state index in [9.17, 15) is 0 Å². The molecule has 4 rings (SSSR count). The molecule has 0 amide bonds. The Morgan fingerprint density at radius 1 is 1.13 bits per heavy atom. The molecule has 3 aliphatic rings. The molecule has 1 aromatic rings. The lowest BCUT2D eigenvalue weighted by molar-refractivity contribution is 0.156. The third-order valence-electron chi connectivity index (χ3n) is 7.22. The van der Waals surface area contributed by atoms with Crippen LogP contribution in [0.3, 0.4) is 0 Å². The number of rotatable bonds is 5. The van der Waals surface area contributed by atoms with Crippen LogP contribution in [-0.4, -0.2) is 87.9 Å². The van der Waals surface area contributed by atoms with Gasteiger partial charge in [0.05, 0.1) is 13.2 Å². The first-order valence-corrected chi connectivity index (χ1v) is 11.7. The zero-order valence-electron chi connectivity index (χ0n) is 19.1. The summed E-state index contributed by atoms with van der Waals surface area (Å²) < 4.78 is 5.69. The van der Waals surface area contributed by atoms with Crippen LogP contribution < -0.4 is 10.2 Å². The number of hydrogen-bond acceptors (Lipinski definition) is 4. The minimum atomic E-state index is 0.375. The summed E-state index contributed by atoms with van der Waals surface area (Å²) >= 11 is 0. The lowest BCUT2D eigenvalue weighted by atomic mass is 9.87. The van der Waals surface area contributed by atoms with Gasteiger partial charge in [-0.25, -0.2) is 0 Å². The second-order valence-corrected chi connectivity index (χ2v) is 9.26. The zero-order valence-corrected chi connectivity index (χ0v) is 19.1. The van der Waals surface area contributed by atoms with Gasteiger partial charge in [0.25, 0.3) is 0 Å². The smallest absolute Gasteiger partial charge is 0.193 e. The highest BCUT2D eigenvalue weighted by Gasteiger charge is 2.42. The molecule has 6 nitrogen and oxygen atoms in total. The van der Waals surface area contributed by atoms with E-state index < -0.39 is 0 Å². The van der Waals surface area contributed by atoms with Crippen LogP contribution in [0.1, 0.15) is 30.9 Å². The SMILES string of the molecule is CCNC(=NCCN1CCN(c2cccc(C)c2C)CC1)N1CCC2(CCOC2)C1. The molecule has 0 aliphatic carbocycles. The van der Waals surface area contributed by atoms with E-state index in [1.165, 1.54) is 29.7 Å². The van der Waals surface area contributed by atoms with E-state index in [0.29, 0.717) is 5.41 Å². The summed E-state index contributed by atoms with van der Waals surface area (Å²) in [6, 6.07) is 6.65. The number of nitrogens with zero attached hydrogens (tertiary/aromatic N) is 4. The molecule has 3 fully saturated rings. The average molecular weight is 414 g/mol. The molecule has 3 heterocycles. The summed E-state index contributed by atoms with van der Waals surface area (Å²) in [6.07, 6.45) is 2.44. The molecule has 1 N–H and O–H groups in total. The van der Waals surface area contributed by atoms with Crippen LogP contribution in [0.4, 0.5) is 5.69 Å². The van der Waals surface area contributed by atoms with Gasteiger partial charge in [-0.15, -0.1) is 0 Å². The van der Waals surface area contributed by atoms with Crippen molar-refractivity contribution in [2.24, 2.45) is 10.4 Å². The largest absolute Gasteiger partial charge is 0.381 e. The Hall–Kier alpha value is -1.79. The van der Waals surface area contributed by atoms with E-state index in [1.54, 1.807) is 0 Å². The summed E-state index contributed by atoms with van der Waals surface area (Å²) in [7, 11) is 0. The minimum Gasteiger partial charge on any atom is -0.381 e. The second kappa shape index (κ2) is 9.56. The van der Waals surface area contributed by atoms with Crippen LogP contribution in [0.5, 0.6) is 0 Å². The molecule has 0 saturated carbocycles. The monoisotopic (exact) mass is 413 g/mol. The van der Waals surface area contributed by atoms with Crippen LogP contribution in [0.2, 0.25) is 0 Å². The lowest BCUT2D eigenvalue weighted by Crippen LogP contribution is -2.47. The van der Waals surface area contributed by atoms with Crippen LogP contribution in [0.25, 0.3) is 0 Å². The van der Waals surface area contributed by atoms with E-state index >= 15 is 0 Å². The molecule has 3 aliphatic heterocycles. The summed E-state index contributed by atoms with van der Waals surface area (Å²) in [5, 5.41) is 3.52. The van der Waals surface area contributed by atoms with E-state index in [1.807, 2.05) is 0 Å². The highest BCUT2D eigenvalue weighted by molar-refractivity contribution is 5.80. The number of benzene rings is 1. The van der Waals surface area contributed by atoms with Crippen LogP contribution in [0, 0.1) is 19.3 Å². The van der Waals surface area contributed by atoms with Crippen LogP contribution in [-0.2, 0) is 4.74 Å². The normalized spacial score (nSPS) is 25.5. The van der Waals surface area contributed by atoms with Gasteiger partial charge in [0.15, 0.2) is 5.96 Å². The number of anilines is 1. The number of aryl methyl sites for hydroxylation is 1. The Kier molecular flexibility index (Phi) is 6.84. The fourth-order valence-corrected chi connectivity index (χ4v) is 5.10. The van der Waals surface area contributed by atoms with Crippen molar-refractivity contribution in [2.75, 3.05) is 77.0 Å². The van der Waals surface area contributed by atoms with Crippen molar-refractivity contribution in [1.29, 1.82) is 0 Å². The van der Waals surface area contributed by atoms with Crippen molar-refractivity contribution >= 4 is 11.6 Å². The number of piperazine rings is 1. The maximum Gasteiger partial charge on any atom is 0.193 e. The fourth-order valence-electron chi connectivity index (χ4n) is 5.10. The Labute approximate surface area is 182 Å². The van der Waals surface area contributed by atoms with Gasteiger partial charge in [-0.2, -0.15) is 0 Å². The van der Waals surface area contributed by atoms with Gasteiger partial charge in [0.2, 0.25) is 0 Å². The lowest BCUT2D eigenvalue weighted by Gasteiger charge is -2.37. The Bertz CT molecular complexity index is 735. The van der Waals surface area contributed by atoms with Crippen molar-refractivity contribution in [2.45, 2.75) is 33.6 Å². The number of aliphatic imine (C=N–C) groups is 1. The predicted octanol–water partition coefficient (Wildman–Crippen LogP) is 2.50. The maximum absolute atomic E-state index is 5.69. The molecular weight excluding hydrogens is 374 g/mol. The predicted molar refractivity (Wildman–Crippen MR) is 125 cm³/mol. The number of hydrogen-bond donors (Lipinski definition) is 1. The van der Waals surface area contributed by atoms with Gasteiger partial charge in [-0.1, -0.05) is 12.1 Å². The molecule has 166 valence electrons. The number of nitrogens with one attached hydrogen (secondary N) is 1. The molecule has 1 spiro atoms. The Morgan fingerprint density at radius 3 is 2.70 bits per heavy atom. The van der Waals surface area contributed by atoms with Crippen LogP contribution >= 0.6 is 0 Å². The third kappa shape index (κ3) is 4.75. The fraction of sp³-hybridized carbons (Fsp3) is 0.708. The molecule has 1 atom stereocenters. The summed E-state index contributed by atoms with van der Waals surface area (Å²) in [5.41, 5.74) is 4.58. The number of likely N-dealkylation sites (tertiary alicyclic amines) is 1. The van der Waals surface area contributed by atoms with Crippen molar-refractivity contribution < 1.29 is 4.74 Å². The van der Waals surface area contributed by atoms with Crippen molar-refractivity contribution in [3.63, 3.8) is 0 Å². The Balaban J connectivity index is 1.27. The van der Waals surface area contributed by atoms with E-state index in [2.05, 4.69) is 59.0 Å². The highest BCUT2D eigenvalue weighted by atomic mass is 16.5. The summed E-state index contributed by atoms with van der Waals surface area (Å²) in [6.45, 7) is 17.9. The topological polar surface area (TPSA) is 43.3 Å². The van der Waals surface area contributed by atoms with Crippen molar-refractivity contribution in [3.8, 4) is 0 Å². The van der Waals surface area contributed by atoms with E-state index in [0.717, 1.165) is 78.1 Å². The quantitative estimate of drug-likeness (QED) is 0.594. The molecular formula is C24H39N5O. The van der Waals surface area contributed by atoms with Gasteiger partial charge in [0, 0.05) is 70.1 Å². The van der Waals surface area contributed by atoms with Gasteiger partial charge in [0.1, 0.15) is 0 Å². The third-order valence-corrected chi connectivity index (χ3v) is 7.22. The summed E-state index contributed by atoms with van der Waals surface area (Å²) in [5.74, 6) is 1.09. The van der Waals surface area contributed by atoms with Gasteiger partial charge >= 0.3 is 0 Å². The van der Waals surface area contributed by atoms with Gasteiger partial charge in [-0.05, 0) is 50.8 Å². The summed E-state index contributed by atoms with van der Waals surface area (Å²) in [4.78, 5) is 12.5. The minimum absolute atomic E-state index is 0.375. The first-order chi connectivity index (χ1) is 14.6. The van der Waals surface area contributed by atoms with E-state index in [-0.39, 0.29) is 0 Å². The first kappa shape index (κ1) is 21.4. The number of guanidine groups is 1. The van der Waals surface area contributed by atoms with Crippen molar-refractivity contribution in [3.05, 3.63) is 29.3 Å². The average Bonchev–Trinajstić information content (AvgIpc) is 3.40. The molecule has 1 aromatic carbocycles. The number of ether oxygens (including phenoxy) is 1. The first-order valence-electron chi connectivity index (χ1n) is 11.7. The molecule has 3 saturated heterocycles. The second-order valence-electron chi connectivity index (χ2n) is 9.26. The molecule has 0 aromatic heterocycles. The standard InChI is InChI=1S/C24H39N5O/c1-4-25-23(29-11-8-24(18-29)9-17-30-19-24)26-10-12-27-13-15-28(16-14-27)22-7-5-6-20(2)21(22)3/h5-7H,4,8-19H2,1-3H3,(H,25,26). The molecule has 30 heavy (non-hydrogen) atoms. The molecule has 0 bridgehead atoms. The van der Waals surface area contributed by atoms with Gasteiger partial charge < -0.3 is 19.9 Å². The molecule has 6 heteroatoms. The van der Waals surface area contributed by atoms with E-state index in [4.69, 9.17) is 9.73 Å². The zero-order chi connectivity index (χ0) is 21.0. The highest BCUT2D eigenvalue weighted by Crippen LogP contribution is 2.38. The molecule has 1 unspecified atom stereocenters. The maximum atomic E-state index is 5.69. The Morgan fingerprint density at radius 2 is 1.97 bits per heavy atom. The van der Waals surface area contributed by atoms with Gasteiger partial charge in [-0.3, -0.25) is 9.89 Å².